The summed E-state index contributed by atoms with van der Waals surface area (Å²) in [4.78, 5) is 25.3. The summed E-state index contributed by atoms with van der Waals surface area (Å²) in [6, 6.07) is 17.2. The van der Waals surface area contributed by atoms with E-state index in [9.17, 15) is 18.0 Å². The van der Waals surface area contributed by atoms with Gasteiger partial charge >= 0.3 is 5.97 Å². The zero-order chi connectivity index (χ0) is 26.3. The van der Waals surface area contributed by atoms with Crippen molar-refractivity contribution in [1.82, 2.24) is 0 Å². The minimum absolute atomic E-state index is 0.0255. The van der Waals surface area contributed by atoms with E-state index in [2.05, 4.69) is 5.32 Å². The first-order valence-corrected chi connectivity index (χ1v) is 12.5. The van der Waals surface area contributed by atoms with Crippen LogP contribution in [0.15, 0.2) is 71.6 Å². The van der Waals surface area contributed by atoms with Gasteiger partial charge < -0.3 is 19.5 Å². The van der Waals surface area contributed by atoms with Crippen LogP contribution in [-0.2, 0) is 19.6 Å². The quantitative estimate of drug-likeness (QED) is 0.409. The molecule has 0 saturated carbocycles. The van der Waals surface area contributed by atoms with Gasteiger partial charge in [-0.05, 0) is 67.9 Å². The Labute approximate surface area is 210 Å². The van der Waals surface area contributed by atoms with Gasteiger partial charge in [0.05, 0.1) is 37.0 Å². The van der Waals surface area contributed by atoms with Gasteiger partial charge in [-0.1, -0.05) is 18.2 Å². The Kier molecular flexibility index (Phi) is 8.55. The highest BCUT2D eigenvalue weighted by molar-refractivity contribution is 7.92. The van der Waals surface area contributed by atoms with E-state index in [1.165, 1.54) is 38.5 Å². The van der Waals surface area contributed by atoms with E-state index in [0.717, 1.165) is 4.31 Å². The molecule has 0 aliphatic carbocycles. The molecule has 36 heavy (non-hydrogen) atoms. The lowest BCUT2D eigenvalue weighted by Crippen LogP contribution is -2.38. The summed E-state index contributed by atoms with van der Waals surface area (Å²) in [6.45, 7) is 3.05. The van der Waals surface area contributed by atoms with Crippen LogP contribution in [0.1, 0.15) is 22.8 Å². The topological polar surface area (TPSA) is 111 Å². The van der Waals surface area contributed by atoms with Crippen molar-refractivity contribution in [2.24, 2.45) is 0 Å². The van der Waals surface area contributed by atoms with Crippen molar-refractivity contribution in [2.75, 3.05) is 37.0 Å². The van der Waals surface area contributed by atoms with Crippen molar-refractivity contribution >= 4 is 33.3 Å². The van der Waals surface area contributed by atoms with Gasteiger partial charge in [0.15, 0.2) is 0 Å². The minimum Gasteiger partial charge on any atom is -0.497 e. The number of hydrogen-bond donors (Lipinski definition) is 1. The number of carbonyl (C=O) groups is 2. The number of ether oxygens (including phenoxy) is 3. The zero-order valence-corrected chi connectivity index (χ0v) is 21.3. The molecule has 1 amide bonds. The molecule has 0 aliphatic heterocycles. The Morgan fingerprint density at radius 2 is 1.61 bits per heavy atom. The molecule has 3 aromatic rings. The predicted molar refractivity (Wildman–Crippen MR) is 136 cm³/mol. The SMILES string of the molecule is CCOC(=O)c1cccc(NC(=O)CN(c2ccccc2OC)S(=O)(=O)c2ccc(OC)cc2)c1C. The number of carbonyl (C=O) groups excluding carboxylic acids is 2. The maximum atomic E-state index is 13.7. The summed E-state index contributed by atoms with van der Waals surface area (Å²) < 4.78 is 43.9. The van der Waals surface area contributed by atoms with Crippen LogP contribution in [0.25, 0.3) is 0 Å². The van der Waals surface area contributed by atoms with E-state index < -0.39 is 28.4 Å². The Hall–Kier alpha value is -4.05. The van der Waals surface area contributed by atoms with Crippen LogP contribution in [0.2, 0.25) is 0 Å². The Balaban J connectivity index is 1.97. The van der Waals surface area contributed by atoms with Gasteiger partial charge in [-0.3, -0.25) is 9.10 Å². The molecule has 0 saturated heterocycles. The molecule has 0 unspecified atom stereocenters. The summed E-state index contributed by atoms with van der Waals surface area (Å²) >= 11 is 0. The highest BCUT2D eigenvalue weighted by atomic mass is 32.2. The predicted octanol–water partition coefficient (Wildman–Crippen LogP) is 4.02. The summed E-state index contributed by atoms with van der Waals surface area (Å²) in [5.41, 5.74) is 1.38. The van der Waals surface area contributed by atoms with E-state index in [0.29, 0.717) is 22.6 Å². The summed E-state index contributed by atoms with van der Waals surface area (Å²) in [7, 11) is -1.28. The molecule has 0 bridgehead atoms. The van der Waals surface area contributed by atoms with E-state index in [4.69, 9.17) is 14.2 Å². The average Bonchev–Trinajstić information content (AvgIpc) is 2.88. The fourth-order valence-corrected chi connectivity index (χ4v) is 4.96. The van der Waals surface area contributed by atoms with Crippen molar-refractivity contribution < 1.29 is 32.2 Å². The minimum atomic E-state index is -4.18. The van der Waals surface area contributed by atoms with Crippen molar-refractivity contribution in [3.8, 4) is 11.5 Å². The van der Waals surface area contributed by atoms with Crippen molar-refractivity contribution in [3.63, 3.8) is 0 Å². The van der Waals surface area contributed by atoms with Crippen LogP contribution >= 0.6 is 0 Å². The fraction of sp³-hybridized carbons (Fsp3) is 0.231. The molecule has 1 N–H and O–H groups in total. The number of rotatable bonds is 10. The monoisotopic (exact) mass is 512 g/mol. The second kappa shape index (κ2) is 11.6. The molecular formula is C26H28N2O7S. The lowest BCUT2D eigenvalue weighted by molar-refractivity contribution is -0.114. The molecule has 190 valence electrons. The van der Waals surface area contributed by atoms with Gasteiger partial charge in [-0.25, -0.2) is 13.2 Å². The molecule has 0 fully saturated rings. The number of hydrogen-bond acceptors (Lipinski definition) is 7. The number of nitrogens with one attached hydrogen (secondary N) is 1. The second-order valence-corrected chi connectivity index (χ2v) is 9.47. The third-order valence-corrected chi connectivity index (χ3v) is 7.17. The van der Waals surface area contributed by atoms with Crippen molar-refractivity contribution in [2.45, 2.75) is 18.7 Å². The van der Waals surface area contributed by atoms with E-state index in [1.54, 1.807) is 56.3 Å². The molecule has 0 aromatic heterocycles. The number of sulfonamides is 1. The van der Waals surface area contributed by atoms with Crippen LogP contribution < -0.4 is 19.1 Å². The van der Waals surface area contributed by atoms with E-state index >= 15 is 0 Å². The summed E-state index contributed by atoms with van der Waals surface area (Å²) in [5.74, 6) is -0.346. The fourth-order valence-electron chi connectivity index (χ4n) is 3.53. The molecule has 0 atom stereocenters. The van der Waals surface area contributed by atoms with Crippen molar-refractivity contribution in [3.05, 3.63) is 77.9 Å². The summed E-state index contributed by atoms with van der Waals surface area (Å²) in [5, 5.41) is 2.71. The number of para-hydroxylation sites is 2. The first-order valence-electron chi connectivity index (χ1n) is 11.1. The Bertz CT molecular complexity index is 1340. The van der Waals surface area contributed by atoms with Crippen LogP contribution in [0.4, 0.5) is 11.4 Å². The molecule has 0 heterocycles. The number of benzene rings is 3. The van der Waals surface area contributed by atoms with Gasteiger partial charge in [0.2, 0.25) is 5.91 Å². The van der Waals surface area contributed by atoms with Crippen LogP contribution in [-0.4, -0.2) is 47.7 Å². The van der Waals surface area contributed by atoms with Gasteiger partial charge in [0, 0.05) is 5.69 Å². The smallest absolute Gasteiger partial charge is 0.338 e. The molecule has 3 aromatic carbocycles. The standard InChI is InChI=1S/C26H28N2O7S/c1-5-35-26(30)21-9-8-10-22(18(21)2)27-25(29)17-28(23-11-6-7-12-24(23)34-4)36(31,32)20-15-13-19(33-3)14-16-20/h6-16H,5,17H2,1-4H3,(H,27,29). The second-order valence-electron chi connectivity index (χ2n) is 7.61. The molecule has 10 heteroatoms. The number of nitrogens with zero attached hydrogens (tertiary/aromatic N) is 1. The van der Waals surface area contributed by atoms with E-state index in [-0.39, 0.29) is 22.9 Å². The third kappa shape index (κ3) is 5.77. The van der Waals surface area contributed by atoms with E-state index in [1.807, 2.05) is 0 Å². The Morgan fingerprint density at radius 3 is 2.25 bits per heavy atom. The molecule has 0 radical (unpaired) electrons. The first-order chi connectivity index (χ1) is 17.2. The number of methoxy groups -OCH3 is 2. The van der Waals surface area contributed by atoms with Crippen LogP contribution in [0, 0.1) is 6.92 Å². The van der Waals surface area contributed by atoms with Crippen LogP contribution in [0.5, 0.6) is 11.5 Å². The van der Waals surface area contributed by atoms with Gasteiger partial charge in [0.1, 0.15) is 18.0 Å². The average molecular weight is 513 g/mol. The largest absolute Gasteiger partial charge is 0.497 e. The normalized spacial score (nSPS) is 10.9. The Morgan fingerprint density at radius 1 is 0.917 bits per heavy atom. The van der Waals surface area contributed by atoms with Gasteiger partial charge in [-0.15, -0.1) is 0 Å². The molecule has 0 spiro atoms. The maximum absolute atomic E-state index is 13.7. The molecule has 9 nitrogen and oxygen atoms in total. The number of amides is 1. The maximum Gasteiger partial charge on any atom is 0.338 e. The molecule has 0 aliphatic rings. The van der Waals surface area contributed by atoms with Crippen molar-refractivity contribution in [1.29, 1.82) is 0 Å². The lowest BCUT2D eigenvalue weighted by atomic mass is 10.1. The lowest BCUT2D eigenvalue weighted by Gasteiger charge is -2.26. The number of anilines is 2. The van der Waals surface area contributed by atoms with Gasteiger partial charge in [-0.2, -0.15) is 0 Å². The number of esters is 1. The molecule has 3 rings (SSSR count). The summed E-state index contributed by atoms with van der Waals surface area (Å²) in [6.07, 6.45) is 0. The highest BCUT2D eigenvalue weighted by Crippen LogP contribution is 2.32. The van der Waals surface area contributed by atoms with Gasteiger partial charge in [0.25, 0.3) is 10.0 Å². The van der Waals surface area contributed by atoms with Crippen LogP contribution in [0.3, 0.4) is 0 Å². The first kappa shape index (κ1) is 26.6. The highest BCUT2D eigenvalue weighted by Gasteiger charge is 2.29. The third-order valence-electron chi connectivity index (χ3n) is 5.39. The zero-order valence-electron chi connectivity index (χ0n) is 20.5. The molecular weight excluding hydrogens is 484 g/mol.